The van der Waals surface area contributed by atoms with Crippen molar-refractivity contribution in [1.29, 1.82) is 0 Å². The smallest absolute Gasteiger partial charge is 0.181 e. The Morgan fingerprint density at radius 3 is 3.00 bits per heavy atom. The first kappa shape index (κ1) is 9.92. The summed E-state index contributed by atoms with van der Waals surface area (Å²) in [6, 6.07) is 6.23. The van der Waals surface area contributed by atoms with Gasteiger partial charge in [0.1, 0.15) is 0 Å². The molecule has 3 rings (SSSR count). The lowest BCUT2D eigenvalue weighted by molar-refractivity contribution is 0.715. The average molecular weight is 295 g/mol. The zero-order valence-electron chi connectivity index (χ0n) is 8.38. The zero-order valence-corrected chi connectivity index (χ0v) is 10.8. The number of hydrogen-bond acceptors (Lipinski definition) is 4. The number of thiophene rings is 1. The largest absolute Gasteiger partial charge is 0.229 e. The van der Waals surface area contributed by atoms with Crippen molar-refractivity contribution in [2.24, 2.45) is 7.05 Å². The van der Waals surface area contributed by atoms with E-state index in [9.17, 15) is 0 Å². The maximum atomic E-state index is 4.00. The van der Waals surface area contributed by atoms with Crippen LogP contribution in [0.4, 0.5) is 0 Å². The Balaban J connectivity index is 2.25. The molecule has 16 heavy (non-hydrogen) atoms. The maximum Gasteiger partial charge on any atom is 0.181 e. The third-order valence-corrected chi connectivity index (χ3v) is 4.33. The summed E-state index contributed by atoms with van der Waals surface area (Å²) in [5.41, 5.74) is 1.03. The molecule has 0 bridgehead atoms. The Morgan fingerprint density at radius 1 is 1.38 bits per heavy atom. The van der Waals surface area contributed by atoms with E-state index >= 15 is 0 Å². The monoisotopic (exact) mass is 294 g/mol. The highest BCUT2D eigenvalue weighted by atomic mass is 79.9. The van der Waals surface area contributed by atoms with Crippen LogP contribution in [0, 0.1) is 0 Å². The van der Waals surface area contributed by atoms with Crippen molar-refractivity contribution in [3.8, 4) is 11.4 Å². The average Bonchev–Trinajstić information content (AvgIpc) is 2.86. The van der Waals surface area contributed by atoms with Crippen molar-refractivity contribution in [3.05, 3.63) is 28.1 Å². The van der Waals surface area contributed by atoms with Crippen molar-refractivity contribution in [2.75, 3.05) is 0 Å². The Labute approximate surface area is 104 Å². The van der Waals surface area contributed by atoms with Gasteiger partial charge in [0, 0.05) is 32.6 Å². The molecule has 0 atom stereocenters. The van der Waals surface area contributed by atoms with Crippen molar-refractivity contribution in [3.63, 3.8) is 0 Å². The molecule has 0 aliphatic rings. The number of aromatic nitrogens is 4. The molecule has 0 N–H and O–H groups in total. The van der Waals surface area contributed by atoms with E-state index in [0.29, 0.717) is 0 Å². The highest BCUT2D eigenvalue weighted by molar-refractivity contribution is 9.10. The maximum absolute atomic E-state index is 4.00. The van der Waals surface area contributed by atoms with Gasteiger partial charge in [-0.05, 0) is 44.6 Å². The summed E-state index contributed by atoms with van der Waals surface area (Å²) in [6.07, 6.45) is 0. The minimum atomic E-state index is 0.778. The fourth-order valence-corrected chi connectivity index (χ4v) is 3.15. The summed E-state index contributed by atoms with van der Waals surface area (Å²) in [5.74, 6) is 0.778. The van der Waals surface area contributed by atoms with Gasteiger partial charge in [-0.3, -0.25) is 0 Å². The van der Waals surface area contributed by atoms with Gasteiger partial charge in [0.05, 0.1) is 0 Å². The number of benzene rings is 1. The molecular weight excluding hydrogens is 288 g/mol. The van der Waals surface area contributed by atoms with Crippen LogP contribution in [0.2, 0.25) is 0 Å². The summed E-state index contributed by atoms with van der Waals surface area (Å²) >= 11 is 5.25. The molecule has 3 aromatic rings. The molecule has 0 fully saturated rings. The van der Waals surface area contributed by atoms with Crippen LogP contribution in [0.3, 0.4) is 0 Å². The lowest BCUT2D eigenvalue weighted by Crippen LogP contribution is -1.94. The molecule has 0 saturated heterocycles. The summed E-state index contributed by atoms with van der Waals surface area (Å²) in [6.45, 7) is 0. The third kappa shape index (κ3) is 1.45. The van der Waals surface area contributed by atoms with E-state index < -0.39 is 0 Å². The van der Waals surface area contributed by atoms with Gasteiger partial charge in [0.2, 0.25) is 0 Å². The zero-order chi connectivity index (χ0) is 11.1. The SMILES string of the molecule is Cn1nnnc1-c1ccc2scc(Br)c2c1. The van der Waals surface area contributed by atoms with Gasteiger partial charge in [-0.25, -0.2) is 4.68 Å². The number of rotatable bonds is 1. The topological polar surface area (TPSA) is 43.6 Å². The molecule has 0 radical (unpaired) electrons. The summed E-state index contributed by atoms with van der Waals surface area (Å²) in [4.78, 5) is 0. The molecule has 4 nitrogen and oxygen atoms in total. The van der Waals surface area contributed by atoms with Crippen molar-refractivity contribution in [2.45, 2.75) is 0 Å². The number of nitrogens with zero attached hydrogens (tertiary/aromatic N) is 4. The molecule has 6 heteroatoms. The standard InChI is InChI=1S/C10H7BrN4S/c1-15-10(12-13-14-15)6-2-3-9-7(4-6)8(11)5-16-9/h2-5H,1H3. The molecular formula is C10H7BrN4S. The van der Waals surface area contributed by atoms with Crippen molar-refractivity contribution < 1.29 is 0 Å². The predicted molar refractivity (Wildman–Crippen MR) is 67.3 cm³/mol. The fourth-order valence-electron chi connectivity index (χ4n) is 1.61. The predicted octanol–water partition coefficient (Wildman–Crippen LogP) is 2.85. The van der Waals surface area contributed by atoms with Gasteiger partial charge in [-0.1, -0.05) is 0 Å². The molecule has 80 valence electrons. The van der Waals surface area contributed by atoms with Crippen LogP contribution < -0.4 is 0 Å². The van der Waals surface area contributed by atoms with Crippen LogP contribution in [0.1, 0.15) is 0 Å². The molecule has 0 spiro atoms. The first-order chi connectivity index (χ1) is 7.75. The van der Waals surface area contributed by atoms with E-state index in [-0.39, 0.29) is 0 Å². The van der Waals surface area contributed by atoms with E-state index in [0.717, 1.165) is 15.9 Å². The first-order valence-corrected chi connectivity index (χ1v) is 6.32. The molecule has 1 aromatic carbocycles. The number of hydrogen-bond donors (Lipinski definition) is 0. The lowest BCUT2D eigenvalue weighted by Gasteiger charge is -1.99. The van der Waals surface area contributed by atoms with Gasteiger partial charge >= 0.3 is 0 Å². The van der Waals surface area contributed by atoms with Gasteiger partial charge in [0.15, 0.2) is 5.82 Å². The van der Waals surface area contributed by atoms with Crippen LogP contribution in [-0.4, -0.2) is 20.2 Å². The Morgan fingerprint density at radius 2 is 2.25 bits per heavy atom. The number of aryl methyl sites for hydroxylation is 1. The van der Waals surface area contributed by atoms with Crippen LogP contribution >= 0.6 is 27.3 Å². The lowest BCUT2D eigenvalue weighted by atomic mass is 10.1. The minimum Gasteiger partial charge on any atom is -0.229 e. The van der Waals surface area contributed by atoms with Crippen LogP contribution in [0.15, 0.2) is 28.1 Å². The summed E-state index contributed by atoms with van der Waals surface area (Å²) in [7, 11) is 1.84. The second kappa shape index (κ2) is 3.64. The van der Waals surface area contributed by atoms with Gasteiger partial charge in [0.25, 0.3) is 0 Å². The van der Waals surface area contributed by atoms with E-state index in [4.69, 9.17) is 0 Å². The van der Waals surface area contributed by atoms with E-state index in [2.05, 4.69) is 49.0 Å². The van der Waals surface area contributed by atoms with E-state index in [1.165, 1.54) is 10.1 Å². The quantitative estimate of drug-likeness (QED) is 0.693. The number of fused-ring (bicyclic) bond motifs is 1. The molecule has 0 aliphatic heterocycles. The van der Waals surface area contributed by atoms with Crippen molar-refractivity contribution in [1.82, 2.24) is 20.2 Å². The third-order valence-electron chi connectivity index (χ3n) is 2.40. The van der Waals surface area contributed by atoms with Crippen molar-refractivity contribution >= 4 is 37.4 Å². The molecule has 2 heterocycles. The molecule has 0 saturated carbocycles. The number of tetrazole rings is 1. The Kier molecular flexibility index (Phi) is 2.26. The molecule has 0 amide bonds. The van der Waals surface area contributed by atoms with Gasteiger partial charge in [-0.15, -0.1) is 16.4 Å². The minimum absolute atomic E-state index is 0.778. The molecule has 0 unspecified atom stereocenters. The van der Waals surface area contributed by atoms with Crippen LogP contribution in [-0.2, 0) is 7.05 Å². The van der Waals surface area contributed by atoms with Crippen LogP contribution in [0.25, 0.3) is 21.5 Å². The second-order valence-corrected chi connectivity index (χ2v) is 5.19. The first-order valence-electron chi connectivity index (χ1n) is 4.65. The van der Waals surface area contributed by atoms with E-state index in [1.807, 2.05) is 13.1 Å². The Bertz CT molecular complexity index is 658. The summed E-state index contributed by atoms with van der Waals surface area (Å²) < 4.78 is 4.04. The normalized spacial score (nSPS) is 11.1. The fraction of sp³-hybridized carbons (Fsp3) is 0.100. The Hall–Kier alpha value is -1.27. The van der Waals surface area contributed by atoms with Gasteiger partial charge < -0.3 is 0 Å². The summed E-state index contributed by atoms with van der Waals surface area (Å²) in [5, 5.41) is 14.8. The highest BCUT2D eigenvalue weighted by Gasteiger charge is 2.08. The second-order valence-electron chi connectivity index (χ2n) is 3.42. The molecule has 2 aromatic heterocycles. The van der Waals surface area contributed by atoms with E-state index in [1.54, 1.807) is 16.0 Å². The highest BCUT2D eigenvalue weighted by Crippen LogP contribution is 2.32. The van der Waals surface area contributed by atoms with Crippen LogP contribution in [0.5, 0.6) is 0 Å². The number of halogens is 1. The molecule has 0 aliphatic carbocycles. The van der Waals surface area contributed by atoms with Gasteiger partial charge in [-0.2, -0.15) is 0 Å².